The third kappa shape index (κ3) is 8.11. The summed E-state index contributed by atoms with van der Waals surface area (Å²) in [4.78, 5) is 13.6. The van der Waals surface area contributed by atoms with Crippen LogP contribution in [0.2, 0.25) is 0 Å². The van der Waals surface area contributed by atoms with Crippen LogP contribution < -0.4 is 21.2 Å². The molecule has 0 unspecified atom stereocenters. The largest absolute Gasteiger partial charge is 0.568 e. The molecule has 4 N–H and O–H groups in total. The second-order valence-electron chi connectivity index (χ2n) is 9.18. The van der Waals surface area contributed by atoms with Crippen LogP contribution in [0.5, 0.6) is 5.75 Å². The number of piperidine rings is 1. The number of fused-ring (bicyclic) bond motifs is 1. The number of alkyl halides is 3. The number of hydrogen-bond acceptors (Lipinski definition) is 5. The minimum Gasteiger partial charge on any atom is -0.568 e. The number of nitrogens with zero attached hydrogens (tertiary/aromatic N) is 3. The molecular weight excluding hydrogens is 586 g/mol. The van der Waals surface area contributed by atoms with Gasteiger partial charge in [0.15, 0.2) is 0 Å². The van der Waals surface area contributed by atoms with Crippen LogP contribution in [0.3, 0.4) is 0 Å². The molecule has 8 nitrogen and oxygen atoms in total. The summed E-state index contributed by atoms with van der Waals surface area (Å²) in [5.74, 6) is 5.58. The maximum atomic E-state index is 13.5. The predicted molar refractivity (Wildman–Crippen MR) is 142 cm³/mol. The van der Waals surface area contributed by atoms with E-state index in [1.54, 1.807) is 36.4 Å². The smallest absolute Gasteiger partial charge is 0.406 e. The summed E-state index contributed by atoms with van der Waals surface area (Å²) in [6.07, 6.45) is -2.57. The molecule has 12 heteroatoms. The Morgan fingerprint density at radius 3 is 2.59 bits per heavy atom. The van der Waals surface area contributed by atoms with E-state index in [2.05, 4.69) is 40.0 Å². The Morgan fingerprint density at radius 1 is 1.18 bits per heavy atom. The van der Waals surface area contributed by atoms with Crippen molar-refractivity contribution >= 4 is 28.2 Å². The number of benzene rings is 2. The molecule has 1 aliphatic rings. The number of likely N-dealkylation sites (tertiary alicyclic amines) is 1. The summed E-state index contributed by atoms with van der Waals surface area (Å²) >= 11 is 0. The van der Waals surface area contributed by atoms with E-state index < -0.39 is 18.6 Å². The minimum absolute atomic E-state index is 0. The Labute approximate surface area is 250 Å². The molecule has 1 radical (unpaired) electrons. The number of methoxy groups -OCH3 is 1. The summed E-state index contributed by atoms with van der Waals surface area (Å²) in [5.41, 5.74) is 15.2. The molecule has 0 spiro atoms. The molecule has 4 rings (SSSR count). The first-order chi connectivity index (χ1) is 18.1. The number of carbonyl (C=O) groups is 1. The number of hydrogen-bond donors (Lipinski definition) is 3. The molecule has 205 valence electrons. The molecule has 1 fully saturated rings. The average Bonchev–Trinajstić information content (AvgIpc) is 3.22. The van der Waals surface area contributed by atoms with Crippen LogP contribution in [0.4, 0.5) is 24.5 Å². The number of nitrogens with one attached hydrogen (secondary N) is 2. The van der Waals surface area contributed by atoms with Crippen molar-refractivity contribution in [2.45, 2.75) is 31.6 Å². The zero-order valence-electron chi connectivity index (χ0n) is 21.8. The SMILES string of the molecule is COc1cc(C(N)=O)ccc1NCC#Cc1cc2c(N[N-]C3CCN(C)CC3)cccc2n1CC(F)(F)F.[Y]. The van der Waals surface area contributed by atoms with E-state index in [0.717, 1.165) is 25.9 Å². The molecule has 1 saturated heterocycles. The zero-order valence-corrected chi connectivity index (χ0v) is 24.6. The Morgan fingerprint density at radius 2 is 1.92 bits per heavy atom. The monoisotopic (exact) mass is 616 g/mol. The standard InChI is InChI=1S/C27H30F3N6O2.Y/c1-35-13-10-19(11-14-35)33-34-22-6-3-7-24-21(22)16-20(36(24)17-27(28,29)30)5-4-12-32-23-9-8-18(26(31)37)15-25(23)38-2;/h3,6-9,15-16,19,32,34H,10-14,17H2,1-2H3,(H2,31,37);/q-1;. The maximum absolute atomic E-state index is 13.5. The van der Waals surface area contributed by atoms with Crippen LogP contribution in [-0.2, 0) is 39.3 Å². The van der Waals surface area contributed by atoms with Gasteiger partial charge < -0.3 is 36.1 Å². The van der Waals surface area contributed by atoms with Gasteiger partial charge in [-0.1, -0.05) is 24.8 Å². The zero-order chi connectivity index (χ0) is 27.3. The summed E-state index contributed by atoms with van der Waals surface area (Å²) in [6, 6.07) is 11.7. The Kier molecular flexibility index (Phi) is 10.7. The number of nitrogens with two attached hydrogens (primary N) is 1. The van der Waals surface area contributed by atoms with Crippen LogP contribution in [0.15, 0.2) is 42.5 Å². The predicted octanol–water partition coefficient (Wildman–Crippen LogP) is 4.57. The fraction of sp³-hybridized carbons (Fsp3) is 0.370. The van der Waals surface area contributed by atoms with Crippen molar-refractivity contribution in [3.05, 3.63) is 59.1 Å². The summed E-state index contributed by atoms with van der Waals surface area (Å²) in [5, 5.41) is 3.68. The van der Waals surface area contributed by atoms with E-state index in [9.17, 15) is 18.0 Å². The second kappa shape index (κ2) is 13.5. The van der Waals surface area contributed by atoms with Gasteiger partial charge in [-0.15, -0.1) is 6.04 Å². The van der Waals surface area contributed by atoms with Crippen molar-refractivity contribution in [2.24, 2.45) is 5.73 Å². The van der Waals surface area contributed by atoms with Crippen molar-refractivity contribution in [1.29, 1.82) is 0 Å². The van der Waals surface area contributed by atoms with E-state index in [4.69, 9.17) is 10.5 Å². The molecule has 0 atom stereocenters. The number of halogens is 3. The van der Waals surface area contributed by atoms with Gasteiger partial charge >= 0.3 is 6.18 Å². The van der Waals surface area contributed by atoms with Gasteiger partial charge in [-0.3, -0.25) is 4.79 Å². The number of anilines is 2. The fourth-order valence-electron chi connectivity index (χ4n) is 4.38. The summed E-state index contributed by atoms with van der Waals surface area (Å²) < 4.78 is 46.9. The second-order valence-corrected chi connectivity index (χ2v) is 9.18. The van der Waals surface area contributed by atoms with Gasteiger partial charge in [-0.25, -0.2) is 0 Å². The number of amides is 1. The fourth-order valence-corrected chi connectivity index (χ4v) is 4.38. The molecule has 2 aromatic carbocycles. The van der Waals surface area contributed by atoms with Crippen molar-refractivity contribution in [1.82, 2.24) is 9.47 Å². The molecule has 1 amide bonds. The van der Waals surface area contributed by atoms with E-state index in [0.29, 0.717) is 33.6 Å². The van der Waals surface area contributed by atoms with Gasteiger partial charge in [-0.05, 0) is 62.5 Å². The first-order valence-electron chi connectivity index (χ1n) is 12.2. The first-order valence-corrected chi connectivity index (χ1v) is 12.2. The molecule has 1 aliphatic heterocycles. The molecule has 2 heterocycles. The number of primary amides is 1. The van der Waals surface area contributed by atoms with Crippen molar-refractivity contribution in [2.75, 3.05) is 44.5 Å². The van der Waals surface area contributed by atoms with E-state index in [1.165, 1.54) is 17.7 Å². The van der Waals surface area contributed by atoms with Gasteiger partial charge in [0, 0.05) is 49.3 Å². The Bertz CT molecular complexity index is 1360. The third-order valence-corrected chi connectivity index (χ3v) is 6.41. The van der Waals surface area contributed by atoms with Crippen LogP contribution in [0, 0.1) is 11.8 Å². The van der Waals surface area contributed by atoms with E-state index >= 15 is 0 Å². The van der Waals surface area contributed by atoms with Crippen LogP contribution in [0.25, 0.3) is 16.3 Å². The molecular formula is C27H30F3N6O2Y-. The van der Waals surface area contributed by atoms with Crippen LogP contribution in [0.1, 0.15) is 28.9 Å². The van der Waals surface area contributed by atoms with Crippen LogP contribution in [-0.4, -0.2) is 61.4 Å². The first kappa shape index (κ1) is 30.8. The quantitative estimate of drug-likeness (QED) is 0.255. The van der Waals surface area contributed by atoms with Gasteiger partial charge in [0.1, 0.15) is 12.3 Å². The topological polar surface area (TPSA) is 98.6 Å². The minimum atomic E-state index is -4.42. The maximum Gasteiger partial charge on any atom is 0.406 e. The summed E-state index contributed by atoms with van der Waals surface area (Å²) in [6.45, 7) is 0.885. The van der Waals surface area contributed by atoms with Crippen molar-refractivity contribution in [3.63, 3.8) is 0 Å². The Balaban J connectivity index is 0.00000420. The normalized spacial score (nSPS) is 14.3. The van der Waals surface area contributed by atoms with E-state index in [1.807, 2.05) is 0 Å². The number of ether oxygens (including phenoxy) is 1. The Hall–Kier alpha value is -2.78. The van der Waals surface area contributed by atoms with E-state index in [-0.39, 0.29) is 51.0 Å². The molecule has 1 aromatic heterocycles. The molecule has 0 aliphatic carbocycles. The number of rotatable bonds is 8. The molecule has 0 bridgehead atoms. The molecule has 3 aromatic rings. The van der Waals surface area contributed by atoms with Gasteiger partial charge in [0.25, 0.3) is 0 Å². The third-order valence-electron chi connectivity index (χ3n) is 6.41. The number of aromatic nitrogens is 1. The van der Waals surface area contributed by atoms with Crippen molar-refractivity contribution in [3.8, 4) is 17.6 Å². The summed E-state index contributed by atoms with van der Waals surface area (Å²) in [7, 11) is 3.53. The van der Waals surface area contributed by atoms with Gasteiger partial charge in [-0.2, -0.15) is 13.2 Å². The number of carbonyl (C=O) groups excluding carboxylic acids is 1. The van der Waals surface area contributed by atoms with Gasteiger partial charge in [0.05, 0.1) is 30.6 Å². The van der Waals surface area contributed by atoms with Crippen LogP contribution >= 0.6 is 0 Å². The van der Waals surface area contributed by atoms with Gasteiger partial charge in [0.2, 0.25) is 5.91 Å². The average molecular weight is 616 g/mol. The molecule has 0 saturated carbocycles. The molecule has 39 heavy (non-hydrogen) atoms. The van der Waals surface area contributed by atoms with Crippen molar-refractivity contribution < 1.29 is 55.4 Å².